The molecule has 4 atom stereocenters. The van der Waals surface area contributed by atoms with Crippen LogP contribution in [0.25, 0.3) is 0 Å². The maximum Gasteiger partial charge on any atom is 0.328 e. The number of nitrogens with two attached hydrogens (primary N) is 1. The number of hydrogen-bond acceptors (Lipinski definition) is 8. The number of nitrogens with zero attached hydrogens (tertiary/aromatic N) is 1. The molecule has 0 bridgehead atoms. The summed E-state index contributed by atoms with van der Waals surface area (Å²) in [4.78, 5) is 38.1. The number of aromatic nitrogens is 2. The van der Waals surface area contributed by atoms with Crippen LogP contribution in [-0.4, -0.2) is 73.9 Å². The van der Waals surface area contributed by atoms with Gasteiger partial charge in [0.2, 0.25) is 5.85 Å². The Hall–Kier alpha value is -1.76. The Morgan fingerprint density at radius 2 is 2.21 bits per heavy atom. The molecule has 1 aromatic heterocycles. The molecule has 156 valence electrons. The Morgan fingerprint density at radius 1 is 1.62 bits per heavy atom. The second-order valence-electron chi connectivity index (χ2n) is 8.14. The monoisotopic (exact) mass is 425 g/mol. The van der Waals surface area contributed by atoms with E-state index in [9.17, 15) is 19.5 Å². The van der Waals surface area contributed by atoms with Crippen LogP contribution in [0.15, 0.2) is 11.0 Å². The van der Waals surface area contributed by atoms with Crippen LogP contribution in [0.1, 0.15) is 30.6 Å². The number of H-pyrrole nitrogens is 1. The van der Waals surface area contributed by atoms with Gasteiger partial charge in [0.05, 0.1) is 17.1 Å². The van der Waals surface area contributed by atoms with E-state index in [2.05, 4.69) is 4.98 Å². The van der Waals surface area contributed by atoms with Crippen molar-refractivity contribution in [3.05, 3.63) is 26.9 Å². The van der Waals surface area contributed by atoms with Gasteiger partial charge in [-0.25, -0.2) is 9.18 Å². The summed E-state index contributed by atoms with van der Waals surface area (Å²) in [6, 6.07) is -0.970. The zero-order chi connectivity index (χ0) is 22.4. The number of rotatable bonds is 6. The maximum absolute atomic E-state index is 15.8. The molecule has 2 heterocycles. The predicted molar refractivity (Wildman–Crippen MR) is 112 cm³/mol. The van der Waals surface area contributed by atoms with Gasteiger partial charge in [-0.3, -0.25) is 19.1 Å². The van der Waals surface area contributed by atoms with E-state index in [4.69, 9.17) is 27.4 Å². The van der Waals surface area contributed by atoms with Crippen LogP contribution in [0.3, 0.4) is 0 Å². The number of nitrogens with one attached hydrogen (secondary N) is 1. The molecule has 14 heteroatoms. The van der Waals surface area contributed by atoms with Crippen LogP contribution in [0.2, 0.25) is 0 Å². The third kappa shape index (κ3) is 4.11. The topological polar surface area (TPSA) is 137 Å². The number of esters is 1. The number of hydrogen-bond donors (Lipinski definition) is 3. The number of alkyl halides is 1. The van der Waals surface area contributed by atoms with E-state index in [1.165, 1.54) is 23.5 Å². The minimum Gasteiger partial charge on any atom is -0.471 e. The lowest BCUT2D eigenvalue weighted by atomic mass is 9.59. The van der Waals surface area contributed by atoms with Crippen LogP contribution < -0.4 is 11.4 Å². The van der Waals surface area contributed by atoms with Crippen molar-refractivity contribution in [3.63, 3.8) is 0 Å². The number of aliphatic hydroxyl groups is 1. The highest BCUT2D eigenvalue weighted by Crippen LogP contribution is 2.45. The number of aldehydes is 1. The van der Waals surface area contributed by atoms with Gasteiger partial charge in [-0.2, -0.15) is 0 Å². The van der Waals surface area contributed by atoms with Gasteiger partial charge < -0.3 is 20.3 Å². The zero-order valence-electron chi connectivity index (χ0n) is 16.9. The third-order valence-electron chi connectivity index (χ3n) is 5.26. The standard InChI is InChI=1S/C15H23B3FN3O6S/c1-6(2)9(20)11(25)27-15(17,18)13(19)3-8(24)14(16,28-13)22-4-7(5-23)10(29)21-12(22)26/h4-6,8-9,24H,3,16-18,20H2,1-2H3,(H,21,26,29)/t8-,9+,13+,14+/m1/s1. The lowest BCUT2D eigenvalue weighted by Crippen LogP contribution is -2.59. The molecule has 0 spiro atoms. The van der Waals surface area contributed by atoms with Gasteiger partial charge in [0, 0.05) is 12.6 Å². The summed E-state index contributed by atoms with van der Waals surface area (Å²) in [6.45, 7) is 3.43. The van der Waals surface area contributed by atoms with E-state index in [1.807, 2.05) is 0 Å². The van der Waals surface area contributed by atoms with E-state index in [0.29, 0.717) is 6.29 Å². The van der Waals surface area contributed by atoms with Crippen molar-refractivity contribution in [2.75, 3.05) is 0 Å². The summed E-state index contributed by atoms with van der Waals surface area (Å²) in [6.07, 6.45) is -0.609. The molecule has 1 fully saturated rings. The molecule has 0 unspecified atom stereocenters. The van der Waals surface area contributed by atoms with Gasteiger partial charge in [-0.05, 0) is 5.92 Å². The molecule has 0 radical (unpaired) electrons. The average molecular weight is 425 g/mol. The minimum atomic E-state index is -2.65. The largest absolute Gasteiger partial charge is 0.471 e. The Kier molecular flexibility index (Phi) is 6.34. The van der Waals surface area contributed by atoms with Crippen molar-refractivity contribution in [3.8, 4) is 0 Å². The summed E-state index contributed by atoms with van der Waals surface area (Å²) < 4.78 is 27.4. The van der Waals surface area contributed by atoms with Gasteiger partial charge in [-0.1, -0.05) is 26.1 Å². The fraction of sp³-hybridized carbons (Fsp3) is 0.600. The average Bonchev–Trinajstić information content (AvgIpc) is 2.84. The molecule has 4 N–H and O–H groups in total. The quantitative estimate of drug-likeness (QED) is 0.188. The summed E-state index contributed by atoms with van der Waals surface area (Å²) in [5.41, 5.74) is 3.03. The molecule has 0 aliphatic carbocycles. The lowest BCUT2D eigenvalue weighted by Gasteiger charge is -2.39. The number of carbonyl (C=O) groups excluding carboxylic acids is 2. The highest BCUT2D eigenvalue weighted by atomic mass is 32.1. The number of carbonyl (C=O) groups is 2. The Labute approximate surface area is 174 Å². The van der Waals surface area contributed by atoms with Crippen molar-refractivity contribution in [1.82, 2.24) is 9.55 Å². The number of aromatic amines is 1. The van der Waals surface area contributed by atoms with E-state index in [1.54, 1.807) is 13.8 Å². The van der Waals surface area contributed by atoms with E-state index >= 15 is 4.39 Å². The van der Waals surface area contributed by atoms with Crippen LogP contribution in [0, 0.1) is 10.6 Å². The van der Waals surface area contributed by atoms with Crippen molar-refractivity contribution >= 4 is 48.0 Å². The first-order chi connectivity index (χ1) is 13.2. The summed E-state index contributed by atoms with van der Waals surface area (Å²) in [7, 11) is 3.85. The molecule has 0 aromatic carbocycles. The van der Waals surface area contributed by atoms with E-state index < -0.39 is 47.1 Å². The fourth-order valence-corrected chi connectivity index (χ4v) is 3.21. The summed E-state index contributed by atoms with van der Waals surface area (Å²) >= 11 is 4.89. The first kappa shape index (κ1) is 23.5. The van der Waals surface area contributed by atoms with Crippen molar-refractivity contribution < 1.29 is 28.6 Å². The maximum atomic E-state index is 15.8. The van der Waals surface area contributed by atoms with Crippen LogP contribution in [0.5, 0.6) is 0 Å². The van der Waals surface area contributed by atoms with Gasteiger partial charge in [-0.15, -0.1) is 0 Å². The van der Waals surface area contributed by atoms with Crippen LogP contribution in [-0.2, 0) is 19.9 Å². The molecule has 9 nitrogen and oxygen atoms in total. The van der Waals surface area contributed by atoms with Crippen molar-refractivity contribution in [2.45, 2.75) is 49.3 Å². The van der Waals surface area contributed by atoms with E-state index in [-0.39, 0.29) is 16.1 Å². The summed E-state index contributed by atoms with van der Waals surface area (Å²) in [5, 5.41) is 8.73. The second-order valence-corrected chi connectivity index (χ2v) is 8.55. The molecular weight excluding hydrogens is 402 g/mol. The molecule has 1 aromatic rings. The molecule has 1 aliphatic rings. The van der Waals surface area contributed by atoms with Crippen molar-refractivity contribution in [1.29, 1.82) is 0 Å². The number of ether oxygens (including phenoxy) is 2. The molecule has 2 rings (SSSR count). The molecule has 0 amide bonds. The molecule has 29 heavy (non-hydrogen) atoms. The fourth-order valence-electron chi connectivity index (χ4n) is 3.02. The van der Waals surface area contributed by atoms with Crippen LogP contribution >= 0.6 is 12.2 Å². The van der Waals surface area contributed by atoms with Crippen LogP contribution in [0.4, 0.5) is 4.39 Å². The van der Waals surface area contributed by atoms with Crippen molar-refractivity contribution in [2.24, 2.45) is 11.7 Å². The smallest absolute Gasteiger partial charge is 0.328 e. The first-order valence-corrected chi connectivity index (χ1v) is 9.46. The van der Waals surface area contributed by atoms with Gasteiger partial charge in [0.25, 0.3) is 0 Å². The highest BCUT2D eigenvalue weighted by molar-refractivity contribution is 7.71. The first-order valence-electron chi connectivity index (χ1n) is 9.06. The molecule has 0 saturated carbocycles. The van der Waals surface area contributed by atoms with Gasteiger partial charge >= 0.3 is 11.7 Å². The second kappa shape index (κ2) is 7.82. The Balaban J connectivity index is 2.43. The van der Waals surface area contributed by atoms with E-state index in [0.717, 1.165) is 10.8 Å². The number of aliphatic hydroxyl groups excluding tert-OH is 1. The number of halogens is 1. The molecular formula is C15H23B3FN3O6S. The third-order valence-corrected chi connectivity index (χ3v) is 5.60. The highest BCUT2D eigenvalue weighted by Gasteiger charge is 2.62. The Morgan fingerprint density at radius 3 is 2.72 bits per heavy atom. The summed E-state index contributed by atoms with van der Waals surface area (Å²) in [5.74, 6) is -3.71. The zero-order valence-corrected chi connectivity index (χ0v) is 17.7. The van der Waals surface area contributed by atoms with Gasteiger partial charge in [0.1, 0.15) is 16.3 Å². The molecule has 1 aliphatic heterocycles. The normalized spacial score (nSPS) is 28.3. The SMILES string of the molecule is BC(B)(OC(=O)[C@@H](N)C(C)C)[C@]1(F)C[C@@H](O)[C@](B)(n2cc(C=O)c(=S)[nH]c2=O)O1. The minimum absolute atomic E-state index is 0.0402. The lowest BCUT2D eigenvalue weighted by molar-refractivity contribution is -0.232. The predicted octanol–water partition coefficient (Wildman–Crippen LogP) is -3.14. The Bertz CT molecular complexity index is 941. The molecule has 1 saturated heterocycles. The van der Waals surface area contributed by atoms with Gasteiger partial charge in [0.15, 0.2) is 29.8 Å².